The van der Waals surface area contributed by atoms with Crippen LogP contribution in [0.4, 0.5) is 5.69 Å². The Morgan fingerprint density at radius 3 is 2.68 bits per heavy atom. The van der Waals surface area contributed by atoms with Crippen LogP contribution in [0.15, 0.2) is 24.3 Å². The normalized spacial score (nSPS) is 13.3. The number of benzene rings is 1. The molecule has 1 aliphatic carbocycles. The zero-order valence-electron chi connectivity index (χ0n) is 12.6. The number of nitrogens with one attached hydrogen (secondary N) is 3. The predicted octanol–water partition coefficient (Wildman–Crippen LogP) is 2.44. The first-order chi connectivity index (χ1) is 10.6. The van der Waals surface area contributed by atoms with Gasteiger partial charge in [0.15, 0.2) is 5.11 Å². The first kappa shape index (κ1) is 16.4. The van der Waals surface area contributed by atoms with Gasteiger partial charge in [0.1, 0.15) is 0 Å². The number of rotatable bonds is 6. The molecular formula is C16H21N3O2S. The molecule has 22 heavy (non-hydrogen) atoms. The van der Waals surface area contributed by atoms with Crippen molar-refractivity contribution in [3.05, 3.63) is 29.8 Å². The lowest BCUT2D eigenvalue weighted by Gasteiger charge is -2.13. The van der Waals surface area contributed by atoms with E-state index in [1.807, 2.05) is 6.07 Å². The molecule has 5 nitrogen and oxygen atoms in total. The number of amides is 2. The van der Waals surface area contributed by atoms with Crippen LogP contribution in [0.1, 0.15) is 43.0 Å². The van der Waals surface area contributed by atoms with E-state index in [1.54, 1.807) is 18.2 Å². The molecule has 1 aromatic carbocycles. The van der Waals surface area contributed by atoms with Gasteiger partial charge in [-0.25, -0.2) is 0 Å². The van der Waals surface area contributed by atoms with Crippen molar-refractivity contribution in [2.75, 3.05) is 11.9 Å². The standard InChI is InChI=1S/C16H21N3O2S/c1-2-3-10-17-15(21)12-6-4-5-7-13(12)18-16(22)19-14(20)11-8-9-11/h4-7,11H,2-3,8-10H2,1H3,(H,17,21)(H2,18,19,20,22). The van der Waals surface area contributed by atoms with Crippen molar-refractivity contribution in [3.63, 3.8) is 0 Å². The van der Waals surface area contributed by atoms with E-state index in [9.17, 15) is 9.59 Å². The molecule has 0 bridgehead atoms. The summed E-state index contributed by atoms with van der Waals surface area (Å²) < 4.78 is 0. The fraction of sp³-hybridized carbons (Fsp3) is 0.438. The Bertz CT molecular complexity index is 570. The molecule has 1 saturated carbocycles. The maximum Gasteiger partial charge on any atom is 0.253 e. The highest BCUT2D eigenvalue weighted by Gasteiger charge is 2.30. The van der Waals surface area contributed by atoms with Crippen LogP contribution in [0, 0.1) is 5.92 Å². The van der Waals surface area contributed by atoms with E-state index in [4.69, 9.17) is 12.2 Å². The Kier molecular flexibility index (Phi) is 5.89. The topological polar surface area (TPSA) is 70.2 Å². The highest BCUT2D eigenvalue weighted by Crippen LogP contribution is 2.28. The molecule has 0 spiro atoms. The highest BCUT2D eigenvalue weighted by atomic mass is 32.1. The molecule has 1 aliphatic rings. The van der Waals surface area contributed by atoms with Gasteiger partial charge in [0.25, 0.3) is 5.91 Å². The molecular weight excluding hydrogens is 298 g/mol. The van der Waals surface area contributed by atoms with Gasteiger partial charge in [-0.3, -0.25) is 9.59 Å². The molecule has 0 atom stereocenters. The molecule has 0 heterocycles. The summed E-state index contributed by atoms with van der Waals surface area (Å²) in [6, 6.07) is 7.11. The van der Waals surface area contributed by atoms with Crippen molar-refractivity contribution >= 4 is 34.8 Å². The summed E-state index contributed by atoms with van der Waals surface area (Å²) in [5.41, 5.74) is 1.11. The maximum absolute atomic E-state index is 12.2. The second kappa shape index (κ2) is 7.89. The van der Waals surface area contributed by atoms with Gasteiger partial charge in [0, 0.05) is 12.5 Å². The molecule has 1 fully saturated rings. The van der Waals surface area contributed by atoms with Crippen molar-refractivity contribution in [3.8, 4) is 0 Å². The summed E-state index contributed by atoms with van der Waals surface area (Å²) >= 11 is 5.14. The van der Waals surface area contributed by atoms with E-state index in [0.717, 1.165) is 25.7 Å². The molecule has 118 valence electrons. The van der Waals surface area contributed by atoms with Crippen molar-refractivity contribution < 1.29 is 9.59 Å². The van der Waals surface area contributed by atoms with Gasteiger partial charge in [-0.05, 0) is 43.6 Å². The van der Waals surface area contributed by atoms with Gasteiger partial charge in [-0.2, -0.15) is 0 Å². The van der Waals surface area contributed by atoms with Crippen molar-refractivity contribution in [1.29, 1.82) is 0 Å². The van der Waals surface area contributed by atoms with E-state index in [0.29, 0.717) is 17.8 Å². The lowest BCUT2D eigenvalue weighted by atomic mass is 10.1. The second-order valence-corrected chi connectivity index (χ2v) is 5.78. The van der Waals surface area contributed by atoms with E-state index >= 15 is 0 Å². The predicted molar refractivity (Wildman–Crippen MR) is 90.8 cm³/mol. The zero-order chi connectivity index (χ0) is 15.9. The van der Waals surface area contributed by atoms with E-state index in [1.165, 1.54) is 0 Å². The number of para-hydroxylation sites is 1. The van der Waals surface area contributed by atoms with Gasteiger partial charge < -0.3 is 16.0 Å². The summed E-state index contributed by atoms with van der Waals surface area (Å²) in [6.07, 6.45) is 3.81. The van der Waals surface area contributed by atoms with Gasteiger partial charge in [0.05, 0.1) is 11.3 Å². The number of anilines is 1. The Balaban J connectivity index is 1.96. The van der Waals surface area contributed by atoms with Crippen molar-refractivity contribution in [2.45, 2.75) is 32.6 Å². The van der Waals surface area contributed by atoms with Crippen LogP contribution in [-0.4, -0.2) is 23.5 Å². The van der Waals surface area contributed by atoms with Crippen molar-refractivity contribution in [1.82, 2.24) is 10.6 Å². The molecule has 0 aromatic heterocycles. The molecule has 6 heteroatoms. The summed E-state index contributed by atoms with van der Waals surface area (Å²) in [7, 11) is 0. The quantitative estimate of drug-likeness (QED) is 0.556. The van der Waals surface area contributed by atoms with Gasteiger partial charge in [0.2, 0.25) is 5.91 Å². The van der Waals surface area contributed by atoms with Crippen molar-refractivity contribution in [2.24, 2.45) is 5.92 Å². The highest BCUT2D eigenvalue weighted by molar-refractivity contribution is 7.80. The Morgan fingerprint density at radius 2 is 2.00 bits per heavy atom. The third-order valence-electron chi connectivity index (χ3n) is 3.42. The Morgan fingerprint density at radius 1 is 1.27 bits per heavy atom. The van der Waals surface area contributed by atoms with Gasteiger partial charge in [-0.1, -0.05) is 25.5 Å². The Hall–Kier alpha value is -1.95. The van der Waals surface area contributed by atoms with E-state index < -0.39 is 0 Å². The smallest absolute Gasteiger partial charge is 0.253 e. The van der Waals surface area contributed by atoms with E-state index in [2.05, 4.69) is 22.9 Å². The van der Waals surface area contributed by atoms with Crippen LogP contribution < -0.4 is 16.0 Å². The molecule has 1 aromatic rings. The molecule has 0 aliphatic heterocycles. The SMILES string of the molecule is CCCCNC(=O)c1ccccc1NC(=S)NC(=O)C1CC1. The summed E-state index contributed by atoms with van der Waals surface area (Å²) in [4.78, 5) is 23.9. The summed E-state index contributed by atoms with van der Waals surface area (Å²) in [5, 5.41) is 8.69. The van der Waals surface area contributed by atoms with E-state index in [-0.39, 0.29) is 22.8 Å². The minimum Gasteiger partial charge on any atom is -0.352 e. The molecule has 2 amide bonds. The summed E-state index contributed by atoms with van der Waals surface area (Å²) in [6.45, 7) is 2.72. The second-order valence-electron chi connectivity index (χ2n) is 5.37. The molecule has 0 radical (unpaired) electrons. The van der Waals surface area contributed by atoms with Crippen LogP contribution in [0.25, 0.3) is 0 Å². The molecule has 3 N–H and O–H groups in total. The molecule has 2 rings (SSSR count). The minimum absolute atomic E-state index is 0.0534. The maximum atomic E-state index is 12.2. The lowest BCUT2D eigenvalue weighted by Crippen LogP contribution is -2.35. The van der Waals surface area contributed by atoms with Gasteiger partial charge >= 0.3 is 0 Å². The van der Waals surface area contributed by atoms with Gasteiger partial charge in [-0.15, -0.1) is 0 Å². The van der Waals surface area contributed by atoms with Crippen LogP contribution >= 0.6 is 12.2 Å². The average Bonchev–Trinajstić information content (AvgIpc) is 3.32. The average molecular weight is 319 g/mol. The van der Waals surface area contributed by atoms with Crippen LogP contribution in [0.3, 0.4) is 0 Å². The third-order valence-corrected chi connectivity index (χ3v) is 3.62. The first-order valence-electron chi connectivity index (χ1n) is 7.61. The number of hydrogen-bond donors (Lipinski definition) is 3. The number of carbonyl (C=O) groups is 2. The zero-order valence-corrected chi connectivity index (χ0v) is 13.5. The number of carbonyl (C=O) groups excluding carboxylic acids is 2. The monoisotopic (exact) mass is 319 g/mol. The van der Waals surface area contributed by atoms with Crippen LogP contribution in [0.2, 0.25) is 0 Å². The van der Waals surface area contributed by atoms with Crippen LogP contribution in [-0.2, 0) is 4.79 Å². The fourth-order valence-electron chi connectivity index (χ4n) is 1.98. The molecule has 0 unspecified atom stereocenters. The largest absolute Gasteiger partial charge is 0.352 e. The molecule has 0 saturated heterocycles. The minimum atomic E-state index is -0.145. The number of unbranched alkanes of at least 4 members (excludes halogenated alkanes) is 1. The first-order valence-corrected chi connectivity index (χ1v) is 8.01. The fourth-order valence-corrected chi connectivity index (χ4v) is 2.19. The number of hydrogen-bond acceptors (Lipinski definition) is 3. The number of thiocarbonyl (C=S) groups is 1. The third kappa shape index (κ3) is 4.80. The Labute approximate surface area is 135 Å². The van der Waals surface area contributed by atoms with Crippen LogP contribution in [0.5, 0.6) is 0 Å². The lowest BCUT2D eigenvalue weighted by molar-refractivity contribution is -0.120. The summed E-state index contributed by atoms with van der Waals surface area (Å²) in [5.74, 6) is -0.109.